The van der Waals surface area contributed by atoms with E-state index in [-0.39, 0.29) is 0 Å². The Morgan fingerprint density at radius 3 is 2.43 bits per heavy atom. The molecular weight excluding hydrogens is 119 g/mol. The smallest absolute Gasteiger partial charge is 0.501 e. The molecule has 0 saturated carbocycles. The summed E-state index contributed by atoms with van der Waals surface area (Å²) in [6.45, 7) is 0. The van der Waals surface area contributed by atoms with E-state index < -0.39 is 7.75 Å². The summed E-state index contributed by atoms with van der Waals surface area (Å²) in [6, 6.07) is 0. The van der Waals surface area contributed by atoms with Gasteiger partial charge in [-0.05, 0) is 0 Å². The summed E-state index contributed by atoms with van der Waals surface area (Å²) in [5.41, 5.74) is 7.71. The molecule has 0 heterocycles. The topological polar surface area (TPSA) is 82.8 Å². The molecule has 5 nitrogen and oxygen atoms in total. The van der Waals surface area contributed by atoms with Crippen LogP contribution in [0.3, 0.4) is 0 Å². The summed E-state index contributed by atoms with van der Waals surface area (Å²) in [6.07, 6.45) is 0. The quantitative estimate of drug-likeness (QED) is 0.359. The Morgan fingerprint density at radius 2 is 2.43 bits per heavy atom. The molecule has 0 bridgehead atoms. The third-order valence-corrected chi connectivity index (χ3v) is 1.12. The Hall–Kier alpha value is -0.250. The Morgan fingerprint density at radius 1 is 2.00 bits per heavy atom. The molecule has 0 aromatic carbocycles. The highest BCUT2D eigenvalue weighted by molar-refractivity contribution is 7.44. The summed E-state index contributed by atoms with van der Waals surface area (Å²) in [4.78, 5) is 9.18. The maximum atomic E-state index is 9.92. The molecule has 0 fully saturated rings. The Kier molecular flexibility index (Phi) is 2.08. The fraction of sp³-hybridized carbons (Fsp3) is 1.00. The molecule has 0 rings (SSSR count). The van der Waals surface area contributed by atoms with Gasteiger partial charge in [-0.3, -0.25) is 9.42 Å². The van der Waals surface area contributed by atoms with Gasteiger partial charge in [-0.15, -0.1) is 0 Å². The van der Waals surface area contributed by atoms with Gasteiger partial charge in [0.1, 0.15) is 0 Å². The van der Waals surface area contributed by atoms with E-state index in [1.807, 2.05) is 0 Å². The van der Waals surface area contributed by atoms with Crippen molar-refractivity contribution in [3.05, 3.63) is 5.53 Å². The van der Waals surface area contributed by atoms with Crippen molar-refractivity contribution in [2.75, 3.05) is 7.11 Å². The highest BCUT2D eigenvalue weighted by Gasteiger charge is 2.17. The molecule has 0 aliphatic carbocycles. The average molecular weight is 124 g/mol. The molecule has 2 N–H and O–H groups in total. The van der Waals surface area contributed by atoms with Crippen molar-refractivity contribution in [2.24, 2.45) is 0 Å². The molecule has 0 aliphatic heterocycles. The fourth-order valence-electron chi connectivity index (χ4n) is 0.0408. The highest BCUT2D eigenvalue weighted by Crippen LogP contribution is 2.25. The normalized spacial score (nSPS) is 18.0. The lowest BCUT2D eigenvalue weighted by atomic mass is 11.8. The molecule has 0 saturated heterocycles. The predicted molar refractivity (Wildman–Crippen MR) is 21.2 cm³/mol. The zero-order chi connectivity index (χ0) is 5.91. The van der Waals surface area contributed by atoms with Crippen molar-refractivity contribution in [3.8, 4) is 0 Å². The van der Waals surface area contributed by atoms with Gasteiger partial charge in [-0.2, -0.15) is 4.57 Å². The van der Waals surface area contributed by atoms with Gasteiger partial charge in [0.05, 0.1) is 7.11 Å². The molecule has 0 aliphatic rings. The minimum atomic E-state index is -3.85. The van der Waals surface area contributed by atoms with Crippen LogP contribution < -0.4 is 4.88 Å². The summed E-state index contributed by atoms with van der Waals surface area (Å²) in [5, 5.41) is 0. The molecule has 0 radical (unpaired) electrons. The number of nitrogens with zero attached hydrogens (tertiary/aromatic N) is 1. The van der Waals surface area contributed by atoms with Crippen LogP contribution >= 0.6 is 7.75 Å². The average Bonchev–Trinajstić information content (AvgIpc) is 1.68. The lowest BCUT2D eigenvalue weighted by molar-refractivity contribution is -0.335. The van der Waals surface area contributed by atoms with Crippen molar-refractivity contribution >= 4 is 7.75 Å². The second kappa shape index (κ2) is 2.16. The molecule has 7 heavy (non-hydrogen) atoms. The zero-order valence-corrected chi connectivity index (χ0v) is 4.55. The first-order valence-corrected chi connectivity index (χ1v) is 3.00. The maximum absolute atomic E-state index is 9.92. The standard InChI is InChI=1S/CH5N2O3P/c1-6-7(4,5)3-2/h3H,1H3,(H,4,5). The van der Waals surface area contributed by atoms with E-state index in [1.165, 1.54) is 0 Å². The Bertz CT molecular complexity index is 112. The van der Waals surface area contributed by atoms with Gasteiger partial charge in [0.25, 0.3) is 0 Å². The van der Waals surface area contributed by atoms with E-state index in [4.69, 9.17) is 10.4 Å². The maximum Gasteiger partial charge on any atom is 0.592 e. The fourth-order valence-corrected chi connectivity index (χ4v) is 0.122. The van der Waals surface area contributed by atoms with Crippen LogP contribution in [-0.4, -0.2) is 12.0 Å². The lowest BCUT2D eigenvalue weighted by Gasteiger charge is -1.92. The predicted octanol–water partition coefficient (Wildman–Crippen LogP) is -1.16. The number of rotatable bonds is 2. The molecule has 0 aromatic heterocycles. The number of hydrogen-bond acceptors (Lipinski definition) is 2. The van der Waals surface area contributed by atoms with Crippen LogP contribution in [0.4, 0.5) is 0 Å². The highest BCUT2D eigenvalue weighted by atomic mass is 31.2. The van der Waals surface area contributed by atoms with Crippen LogP contribution in [0, 0.1) is 0 Å². The van der Waals surface area contributed by atoms with E-state index in [0.29, 0.717) is 0 Å². The summed E-state index contributed by atoms with van der Waals surface area (Å²) in [7, 11) is -2.84. The number of hydrogen-bond donors (Lipinski definition) is 2. The van der Waals surface area contributed by atoms with Crippen molar-refractivity contribution < 1.29 is 18.9 Å². The van der Waals surface area contributed by atoms with Crippen LogP contribution in [0.5, 0.6) is 0 Å². The largest absolute Gasteiger partial charge is 0.592 e. The van der Waals surface area contributed by atoms with Gasteiger partial charge < -0.3 is 5.53 Å². The van der Waals surface area contributed by atoms with Crippen molar-refractivity contribution in [2.45, 2.75) is 0 Å². The zero-order valence-electron chi connectivity index (χ0n) is 3.66. The molecule has 42 valence electrons. The van der Waals surface area contributed by atoms with Crippen molar-refractivity contribution in [3.63, 3.8) is 0 Å². The van der Waals surface area contributed by atoms with Gasteiger partial charge in [-0.1, -0.05) is 0 Å². The van der Waals surface area contributed by atoms with E-state index in [1.54, 1.807) is 0 Å². The first-order valence-electron chi connectivity index (χ1n) is 1.42. The first kappa shape index (κ1) is 6.75. The van der Waals surface area contributed by atoms with Gasteiger partial charge in [-0.25, -0.2) is 4.88 Å². The third-order valence-electron chi connectivity index (χ3n) is 0.374. The second-order valence-electron chi connectivity index (χ2n) is 0.803. The van der Waals surface area contributed by atoms with Crippen LogP contribution in [0.2, 0.25) is 0 Å². The van der Waals surface area contributed by atoms with Gasteiger partial charge >= 0.3 is 7.75 Å². The molecule has 6 heteroatoms. The molecule has 1 unspecified atom stereocenters. The van der Waals surface area contributed by atoms with Crippen LogP contribution in [0.15, 0.2) is 0 Å². The summed E-state index contributed by atoms with van der Waals surface area (Å²) in [5.74, 6) is 0. The van der Waals surface area contributed by atoms with Gasteiger partial charge in [0.15, 0.2) is 0 Å². The molecule has 1 atom stereocenters. The minimum Gasteiger partial charge on any atom is -0.501 e. The molecule has 0 aromatic rings. The SMILES string of the molecule is COP(=O)(O)[NH+]=[N-]. The number of nitrogens with one attached hydrogen (secondary N) is 1. The summed E-state index contributed by atoms with van der Waals surface area (Å²) >= 11 is 0. The van der Waals surface area contributed by atoms with Gasteiger partial charge in [0, 0.05) is 0 Å². The minimum absolute atomic E-state index is 1.00. The molecule has 0 spiro atoms. The van der Waals surface area contributed by atoms with Crippen molar-refractivity contribution in [1.29, 1.82) is 0 Å². The van der Waals surface area contributed by atoms with Crippen LogP contribution in [0.25, 0.3) is 5.53 Å². The first-order chi connectivity index (χ1) is 3.12. The van der Waals surface area contributed by atoms with E-state index in [0.717, 1.165) is 12.0 Å². The van der Waals surface area contributed by atoms with E-state index in [2.05, 4.69) is 4.52 Å². The Balaban J connectivity index is 3.85. The second-order valence-corrected chi connectivity index (χ2v) is 2.41. The Labute approximate surface area is 40.4 Å². The monoisotopic (exact) mass is 124 g/mol. The molecule has 0 amide bonds. The molecular formula is CH5N2O3P. The lowest BCUT2D eigenvalue weighted by Crippen LogP contribution is -2.56. The third kappa shape index (κ3) is 2.45. The van der Waals surface area contributed by atoms with Crippen LogP contribution in [0.1, 0.15) is 0 Å². The van der Waals surface area contributed by atoms with E-state index >= 15 is 0 Å². The summed E-state index contributed by atoms with van der Waals surface area (Å²) < 4.78 is 13.8. The van der Waals surface area contributed by atoms with Crippen molar-refractivity contribution in [1.82, 2.24) is 0 Å². The van der Waals surface area contributed by atoms with Gasteiger partial charge in [0.2, 0.25) is 0 Å². The van der Waals surface area contributed by atoms with E-state index in [9.17, 15) is 4.57 Å². The van der Waals surface area contributed by atoms with Crippen LogP contribution in [-0.2, 0) is 9.09 Å².